The second-order valence-electron chi connectivity index (χ2n) is 10.7. The van der Waals surface area contributed by atoms with Gasteiger partial charge >= 0.3 is 5.97 Å². The molecule has 1 N–H and O–H groups in total. The monoisotopic (exact) mass is 621 g/mol. The number of halogens is 2. The lowest BCUT2D eigenvalue weighted by Crippen LogP contribution is -2.45. The number of ether oxygens (including phenoxy) is 4. The third-order valence-corrected chi connectivity index (χ3v) is 7.12. The molecule has 2 aromatic rings. The lowest BCUT2D eigenvalue weighted by Gasteiger charge is -2.37. The van der Waals surface area contributed by atoms with Gasteiger partial charge in [0.2, 0.25) is 0 Å². The van der Waals surface area contributed by atoms with E-state index in [4.69, 9.17) is 24.4 Å². The van der Waals surface area contributed by atoms with Gasteiger partial charge in [0, 0.05) is 17.7 Å². The minimum atomic E-state index is -0.684. The first kappa shape index (κ1) is 31.2. The molecular formula is C29H37BrFN3O6. The lowest BCUT2D eigenvalue weighted by molar-refractivity contribution is -0.144. The third-order valence-electron chi connectivity index (χ3n) is 7.12. The highest BCUT2D eigenvalue weighted by Crippen LogP contribution is 2.43. The Morgan fingerprint density at radius 3 is 2.48 bits per heavy atom. The molecule has 11 heteroatoms. The summed E-state index contributed by atoms with van der Waals surface area (Å²) in [4.78, 5) is 29.7. The molecule has 0 saturated carbocycles. The zero-order valence-corrected chi connectivity index (χ0v) is 25.7. The number of esters is 1. The van der Waals surface area contributed by atoms with Crippen LogP contribution in [-0.2, 0) is 21.5 Å². The Hall–Kier alpha value is -3.34. The standard InChI is InChI=1S/C29H36FN3O6.BrH/c1-8-38-28(35)16(2)33-9-10-39-25-19(29(3,4)5)11-17(12-20(25)33)21(34)15-32-14-18-13-22(36-6)26(37-7)24(30)23(18)27(32)31;/h11-13,16,31H,8-10,14-15H2,1-7H3;1H. The fraction of sp³-hybridized carbons (Fsp3) is 0.483. The number of nitrogens with zero attached hydrogens (tertiary/aromatic N) is 2. The molecule has 2 aromatic carbocycles. The maximum absolute atomic E-state index is 15.2. The van der Waals surface area contributed by atoms with E-state index in [9.17, 15) is 9.59 Å². The Kier molecular flexibility index (Phi) is 9.39. The highest BCUT2D eigenvalue weighted by Gasteiger charge is 2.35. The van der Waals surface area contributed by atoms with Crippen LogP contribution in [0.5, 0.6) is 17.2 Å². The molecule has 0 radical (unpaired) electrons. The smallest absolute Gasteiger partial charge is 0.328 e. The van der Waals surface area contributed by atoms with Gasteiger partial charge in [-0.05, 0) is 43.0 Å². The van der Waals surface area contributed by atoms with E-state index in [1.54, 1.807) is 26.0 Å². The average Bonchev–Trinajstić information content (AvgIpc) is 3.21. The van der Waals surface area contributed by atoms with Crippen LogP contribution in [0.1, 0.15) is 61.7 Å². The molecule has 40 heavy (non-hydrogen) atoms. The van der Waals surface area contributed by atoms with Gasteiger partial charge in [-0.2, -0.15) is 0 Å². The van der Waals surface area contributed by atoms with Crippen LogP contribution in [-0.4, -0.2) is 69.1 Å². The fourth-order valence-electron chi connectivity index (χ4n) is 5.08. The lowest BCUT2D eigenvalue weighted by atomic mass is 9.84. The second kappa shape index (κ2) is 12.0. The van der Waals surface area contributed by atoms with Crippen LogP contribution in [0.25, 0.3) is 0 Å². The molecule has 0 saturated heterocycles. The topological polar surface area (TPSA) is 101 Å². The summed E-state index contributed by atoms with van der Waals surface area (Å²) < 4.78 is 36.9. The van der Waals surface area contributed by atoms with Gasteiger partial charge in [-0.3, -0.25) is 10.2 Å². The van der Waals surface area contributed by atoms with E-state index in [2.05, 4.69) is 0 Å². The van der Waals surface area contributed by atoms with Gasteiger partial charge < -0.3 is 28.7 Å². The third kappa shape index (κ3) is 5.61. The number of anilines is 1. The van der Waals surface area contributed by atoms with Crippen molar-refractivity contribution in [2.45, 2.75) is 52.6 Å². The van der Waals surface area contributed by atoms with Gasteiger partial charge in [-0.25, -0.2) is 9.18 Å². The molecule has 1 unspecified atom stereocenters. The molecule has 2 heterocycles. The number of rotatable bonds is 8. The summed E-state index contributed by atoms with van der Waals surface area (Å²) in [5.74, 6) is -0.568. The Morgan fingerprint density at radius 2 is 1.88 bits per heavy atom. The van der Waals surface area contributed by atoms with Crippen molar-refractivity contribution < 1.29 is 32.9 Å². The summed E-state index contributed by atoms with van der Waals surface area (Å²) in [6, 6.07) is 4.62. The quantitative estimate of drug-likeness (QED) is 0.328. The van der Waals surface area contributed by atoms with Crippen LogP contribution in [0.3, 0.4) is 0 Å². The number of hydrogen-bond acceptors (Lipinski definition) is 8. The van der Waals surface area contributed by atoms with Crippen molar-refractivity contribution in [2.24, 2.45) is 0 Å². The van der Waals surface area contributed by atoms with Crippen molar-refractivity contribution in [1.82, 2.24) is 4.90 Å². The number of carbonyl (C=O) groups is 2. The SMILES string of the molecule is Br.CCOC(=O)C(C)N1CCOc2c1cc(C(=O)CN1Cc3cc(OC)c(OC)c(F)c3C1=N)cc2C(C)(C)C. The molecular weight excluding hydrogens is 585 g/mol. The Balaban J connectivity index is 0.00000441. The van der Waals surface area contributed by atoms with E-state index in [1.165, 1.54) is 19.1 Å². The summed E-state index contributed by atoms with van der Waals surface area (Å²) in [7, 11) is 2.76. The molecule has 2 aliphatic rings. The summed E-state index contributed by atoms with van der Waals surface area (Å²) in [6.07, 6.45) is 0. The number of Topliss-reactive ketones (excluding diaryl/α,β-unsaturated/α-hetero) is 1. The van der Waals surface area contributed by atoms with Crippen molar-refractivity contribution in [1.29, 1.82) is 5.41 Å². The first-order valence-corrected chi connectivity index (χ1v) is 13.0. The van der Waals surface area contributed by atoms with Crippen molar-refractivity contribution in [3.05, 3.63) is 46.3 Å². The molecule has 0 amide bonds. The fourth-order valence-corrected chi connectivity index (χ4v) is 5.08. The first-order chi connectivity index (χ1) is 18.4. The Labute approximate surface area is 244 Å². The van der Waals surface area contributed by atoms with Crippen LogP contribution in [0.4, 0.5) is 10.1 Å². The minimum absolute atomic E-state index is 0. The molecule has 0 fully saturated rings. The minimum Gasteiger partial charge on any atom is -0.493 e. The van der Waals surface area contributed by atoms with Crippen molar-refractivity contribution in [3.8, 4) is 17.2 Å². The summed E-state index contributed by atoms with van der Waals surface area (Å²) >= 11 is 0. The van der Waals surface area contributed by atoms with E-state index in [0.29, 0.717) is 35.7 Å². The predicted molar refractivity (Wildman–Crippen MR) is 155 cm³/mol. The van der Waals surface area contributed by atoms with Crippen LogP contribution in [0.15, 0.2) is 18.2 Å². The van der Waals surface area contributed by atoms with E-state index < -0.39 is 11.9 Å². The van der Waals surface area contributed by atoms with Gasteiger partial charge in [0.15, 0.2) is 23.1 Å². The highest BCUT2D eigenvalue weighted by atomic mass is 79.9. The second-order valence-corrected chi connectivity index (χ2v) is 10.7. The molecule has 1 atom stereocenters. The number of ketones is 1. The summed E-state index contributed by atoms with van der Waals surface area (Å²) in [6.45, 7) is 10.8. The number of benzene rings is 2. The predicted octanol–water partition coefficient (Wildman–Crippen LogP) is 4.89. The number of nitrogens with one attached hydrogen (secondary N) is 1. The van der Waals surface area contributed by atoms with Gasteiger partial charge in [0.25, 0.3) is 0 Å². The normalized spacial score (nSPS) is 14.9. The van der Waals surface area contributed by atoms with Crippen molar-refractivity contribution in [2.75, 3.05) is 45.4 Å². The van der Waals surface area contributed by atoms with E-state index >= 15 is 4.39 Å². The number of hydrogen-bond donors (Lipinski definition) is 1. The number of fused-ring (bicyclic) bond motifs is 2. The van der Waals surface area contributed by atoms with Crippen molar-refractivity contribution in [3.63, 3.8) is 0 Å². The first-order valence-electron chi connectivity index (χ1n) is 13.0. The summed E-state index contributed by atoms with van der Waals surface area (Å²) in [5, 5.41) is 8.61. The molecule has 2 aliphatic heterocycles. The highest BCUT2D eigenvalue weighted by molar-refractivity contribution is 8.93. The van der Waals surface area contributed by atoms with E-state index in [1.807, 2.05) is 31.7 Å². The molecule has 0 bridgehead atoms. The molecule has 9 nitrogen and oxygen atoms in total. The zero-order chi connectivity index (χ0) is 28.6. The maximum atomic E-state index is 15.2. The average molecular weight is 623 g/mol. The molecule has 0 spiro atoms. The molecule has 4 rings (SSSR count). The largest absolute Gasteiger partial charge is 0.493 e. The Morgan fingerprint density at radius 1 is 1.18 bits per heavy atom. The van der Waals surface area contributed by atoms with E-state index in [0.717, 1.165) is 5.56 Å². The zero-order valence-electron chi connectivity index (χ0n) is 24.0. The van der Waals surface area contributed by atoms with Gasteiger partial charge in [-0.15, -0.1) is 17.0 Å². The van der Waals surface area contributed by atoms with Crippen molar-refractivity contribution >= 4 is 40.3 Å². The Bertz CT molecular complexity index is 1330. The van der Waals surface area contributed by atoms with Gasteiger partial charge in [0.05, 0.1) is 45.2 Å². The van der Waals surface area contributed by atoms with Gasteiger partial charge in [-0.1, -0.05) is 20.8 Å². The molecule has 218 valence electrons. The van der Waals surface area contributed by atoms with Gasteiger partial charge in [0.1, 0.15) is 24.2 Å². The molecule has 0 aromatic heterocycles. The number of amidine groups is 1. The van der Waals surface area contributed by atoms with Crippen LogP contribution in [0, 0.1) is 11.2 Å². The van der Waals surface area contributed by atoms with Crippen LogP contribution < -0.4 is 19.1 Å². The molecule has 0 aliphatic carbocycles. The van der Waals surface area contributed by atoms with Crippen LogP contribution >= 0.6 is 17.0 Å². The number of carbonyl (C=O) groups excluding carboxylic acids is 2. The van der Waals surface area contributed by atoms with Crippen LogP contribution in [0.2, 0.25) is 0 Å². The maximum Gasteiger partial charge on any atom is 0.328 e. The summed E-state index contributed by atoms with van der Waals surface area (Å²) in [5.41, 5.74) is 2.20. The van der Waals surface area contributed by atoms with E-state index in [-0.39, 0.29) is 76.7 Å². The number of methoxy groups -OCH3 is 2.